The van der Waals surface area contributed by atoms with Crippen molar-refractivity contribution in [2.75, 3.05) is 45.8 Å². The van der Waals surface area contributed by atoms with Gasteiger partial charge in [-0.15, -0.1) is 0 Å². The number of amides is 2. The minimum atomic E-state index is 0.0238. The number of aromatic nitrogens is 1. The zero-order chi connectivity index (χ0) is 22.1. The van der Waals surface area contributed by atoms with Gasteiger partial charge in [0.15, 0.2) is 0 Å². The molecule has 2 heterocycles. The third-order valence-electron chi connectivity index (χ3n) is 5.58. The standard InChI is InChI=1S/C24H32N4O3/c1-3-27(4-2)23(29)18-26-13-6-14-28(16-15-26)24(30)21-8-10-22(11-9-21)31-19-20-7-5-12-25-17-20/h5,7-12,17H,3-4,6,13-16,18-19H2,1-2H3. The second-order valence-corrected chi connectivity index (χ2v) is 7.66. The molecule has 166 valence electrons. The zero-order valence-corrected chi connectivity index (χ0v) is 18.5. The molecule has 0 bridgehead atoms. The molecule has 2 aromatic rings. The summed E-state index contributed by atoms with van der Waals surface area (Å²) in [7, 11) is 0. The number of hydrogen-bond donors (Lipinski definition) is 0. The van der Waals surface area contributed by atoms with Crippen LogP contribution in [0.1, 0.15) is 36.2 Å². The summed E-state index contributed by atoms with van der Waals surface area (Å²) in [6.07, 6.45) is 4.37. The van der Waals surface area contributed by atoms with E-state index in [9.17, 15) is 9.59 Å². The lowest BCUT2D eigenvalue weighted by Crippen LogP contribution is -2.42. The fourth-order valence-electron chi connectivity index (χ4n) is 3.73. The van der Waals surface area contributed by atoms with Crippen molar-refractivity contribution in [1.29, 1.82) is 0 Å². The number of carbonyl (C=O) groups is 2. The molecular formula is C24H32N4O3. The maximum atomic E-state index is 13.0. The van der Waals surface area contributed by atoms with Gasteiger partial charge in [0.05, 0.1) is 6.54 Å². The van der Waals surface area contributed by atoms with Crippen LogP contribution in [0.25, 0.3) is 0 Å². The molecule has 1 aromatic carbocycles. The van der Waals surface area contributed by atoms with Gasteiger partial charge in [-0.25, -0.2) is 0 Å². The van der Waals surface area contributed by atoms with Gasteiger partial charge in [0.1, 0.15) is 12.4 Å². The van der Waals surface area contributed by atoms with Crippen molar-refractivity contribution in [1.82, 2.24) is 19.7 Å². The van der Waals surface area contributed by atoms with E-state index in [-0.39, 0.29) is 11.8 Å². The van der Waals surface area contributed by atoms with Gasteiger partial charge in [-0.05, 0) is 50.6 Å². The van der Waals surface area contributed by atoms with E-state index < -0.39 is 0 Å². The first kappa shape index (κ1) is 22.7. The van der Waals surface area contributed by atoms with Gasteiger partial charge in [-0.1, -0.05) is 6.07 Å². The lowest BCUT2D eigenvalue weighted by Gasteiger charge is -2.25. The van der Waals surface area contributed by atoms with Crippen molar-refractivity contribution in [2.45, 2.75) is 26.9 Å². The molecule has 1 aliphatic heterocycles. The van der Waals surface area contributed by atoms with Crippen LogP contribution in [0.5, 0.6) is 5.75 Å². The first-order valence-corrected chi connectivity index (χ1v) is 11.0. The average Bonchev–Trinajstić information content (AvgIpc) is 3.04. The van der Waals surface area contributed by atoms with E-state index in [1.165, 1.54) is 0 Å². The molecule has 0 spiro atoms. The van der Waals surface area contributed by atoms with Crippen LogP contribution < -0.4 is 4.74 Å². The lowest BCUT2D eigenvalue weighted by molar-refractivity contribution is -0.132. The molecule has 7 heteroatoms. The van der Waals surface area contributed by atoms with E-state index in [4.69, 9.17) is 4.74 Å². The number of rotatable bonds is 8. The van der Waals surface area contributed by atoms with Crippen LogP contribution in [0.3, 0.4) is 0 Å². The van der Waals surface area contributed by atoms with E-state index in [1.54, 1.807) is 12.4 Å². The predicted molar refractivity (Wildman–Crippen MR) is 120 cm³/mol. The highest BCUT2D eigenvalue weighted by molar-refractivity contribution is 5.94. The van der Waals surface area contributed by atoms with Crippen LogP contribution >= 0.6 is 0 Å². The smallest absolute Gasteiger partial charge is 0.253 e. The molecule has 0 saturated carbocycles. The Morgan fingerprint density at radius 1 is 1.03 bits per heavy atom. The predicted octanol–water partition coefficient (Wildman–Crippen LogP) is 2.68. The molecule has 2 amide bonds. The Balaban J connectivity index is 1.51. The number of hydrogen-bond acceptors (Lipinski definition) is 5. The van der Waals surface area contributed by atoms with Crippen LogP contribution in [0.15, 0.2) is 48.8 Å². The van der Waals surface area contributed by atoms with Crippen molar-refractivity contribution >= 4 is 11.8 Å². The molecule has 1 fully saturated rings. The highest BCUT2D eigenvalue weighted by Gasteiger charge is 2.22. The molecule has 1 saturated heterocycles. The van der Waals surface area contributed by atoms with Crippen LogP contribution in [0, 0.1) is 0 Å². The number of likely N-dealkylation sites (N-methyl/N-ethyl adjacent to an activating group) is 1. The Morgan fingerprint density at radius 3 is 2.48 bits per heavy atom. The van der Waals surface area contributed by atoms with E-state index in [1.807, 2.05) is 60.0 Å². The Labute approximate surface area is 184 Å². The topological polar surface area (TPSA) is 66.0 Å². The number of ether oxygens (including phenoxy) is 1. The maximum Gasteiger partial charge on any atom is 0.253 e. The van der Waals surface area contributed by atoms with Crippen molar-refractivity contribution in [3.8, 4) is 5.75 Å². The van der Waals surface area contributed by atoms with Gasteiger partial charge < -0.3 is 14.5 Å². The Bertz CT molecular complexity index is 838. The van der Waals surface area contributed by atoms with Crippen LogP contribution in [0.4, 0.5) is 0 Å². The summed E-state index contributed by atoms with van der Waals surface area (Å²) >= 11 is 0. The summed E-state index contributed by atoms with van der Waals surface area (Å²) in [5.74, 6) is 0.903. The Kier molecular flexibility index (Phi) is 8.41. The van der Waals surface area contributed by atoms with E-state index in [0.29, 0.717) is 38.3 Å². The van der Waals surface area contributed by atoms with Crippen LogP contribution in [-0.4, -0.2) is 77.3 Å². The van der Waals surface area contributed by atoms with Gasteiger partial charge in [0.25, 0.3) is 5.91 Å². The Hall–Kier alpha value is -2.93. The van der Waals surface area contributed by atoms with E-state index >= 15 is 0 Å². The van der Waals surface area contributed by atoms with E-state index in [0.717, 1.165) is 37.4 Å². The summed E-state index contributed by atoms with van der Waals surface area (Å²) in [6.45, 7) is 9.20. The zero-order valence-electron chi connectivity index (χ0n) is 18.5. The van der Waals surface area contributed by atoms with Crippen molar-refractivity contribution in [3.63, 3.8) is 0 Å². The second-order valence-electron chi connectivity index (χ2n) is 7.66. The fourth-order valence-corrected chi connectivity index (χ4v) is 3.73. The quantitative estimate of drug-likeness (QED) is 0.652. The monoisotopic (exact) mass is 424 g/mol. The van der Waals surface area contributed by atoms with Crippen molar-refractivity contribution in [2.24, 2.45) is 0 Å². The largest absolute Gasteiger partial charge is 0.489 e. The van der Waals surface area contributed by atoms with Crippen molar-refractivity contribution < 1.29 is 14.3 Å². The Morgan fingerprint density at radius 2 is 1.81 bits per heavy atom. The van der Waals surface area contributed by atoms with Gasteiger partial charge in [0, 0.05) is 62.8 Å². The number of carbonyl (C=O) groups excluding carboxylic acids is 2. The van der Waals surface area contributed by atoms with Crippen LogP contribution in [0.2, 0.25) is 0 Å². The molecule has 0 atom stereocenters. The first-order chi connectivity index (χ1) is 15.1. The first-order valence-electron chi connectivity index (χ1n) is 11.0. The lowest BCUT2D eigenvalue weighted by atomic mass is 10.2. The summed E-state index contributed by atoms with van der Waals surface area (Å²) in [5, 5.41) is 0. The summed E-state index contributed by atoms with van der Waals surface area (Å²) in [5.41, 5.74) is 1.65. The van der Waals surface area contributed by atoms with Gasteiger partial charge in [-0.3, -0.25) is 19.5 Å². The highest BCUT2D eigenvalue weighted by Crippen LogP contribution is 2.16. The minimum Gasteiger partial charge on any atom is -0.489 e. The molecular weight excluding hydrogens is 392 g/mol. The minimum absolute atomic E-state index is 0.0238. The van der Waals surface area contributed by atoms with Crippen molar-refractivity contribution in [3.05, 3.63) is 59.9 Å². The number of benzene rings is 1. The number of pyridine rings is 1. The molecule has 3 rings (SSSR count). The molecule has 7 nitrogen and oxygen atoms in total. The molecule has 0 radical (unpaired) electrons. The average molecular weight is 425 g/mol. The van der Waals surface area contributed by atoms with Gasteiger partial charge >= 0.3 is 0 Å². The highest BCUT2D eigenvalue weighted by atomic mass is 16.5. The third-order valence-corrected chi connectivity index (χ3v) is 5.58. The molecule has 1 aromatic heterocycles. The SMILES string of the molecule is CCN(CC)C(=O)CN1CCCN(C(=O)c2ccc(OCc3cccnc3)cc2)CC1. The molecule has 1 aliphatic rings. The number of nitrogens with zero attached hydrogens (tertiary/aromatic N) is 4. The summed E-state index contributed by atoms with van der Waals surface area (Å²) in [6, 6.07) is 11.1. The molecule has 0 aliphatic carbocycles. The maximum absolute atomic E-state index is 13.0. The van der Waals surface area contributed by atoms with Gasteiger partial charge in [-0.2, -0.15) is 0 Å². The molecule has 0 N–H and O–H groups in total. The summed E-state index contributed by atoms with van der Waals surface area (Å²) in [4.78, 5) is 35.3. The second kappa shape index (κ2) is 11.5. The normalized spacial score (nSPS) is 14.7. The fraction of sp³-hybridized carbons (Fsp3) is 0.458. The third kappa shape index (κ3) is 6.52. The summed E-state index contributed by atoms with van der Waals surface area (Å²) < 4.78 is 5.77. The molecule has 31 heavy (non-hydrogen) atoms. The van der Waals surface area contributed by atoms with Gasteiger partial charge in [0.2, 0.25) is 5.91 Å². The molecule has 0 unspecified atom stereocenters. The van der Waals surface area contributed by atoms with Crippen LogP contribution in [-0.2, 0) is 11.4 Å². The van der Waals surface area contributed by atoms with E-state index in [2.05, 4.69) is 9.88 Å².